The Morgan fingerprint density at radius 3 is 2.63 bits per heavy atom. The van der Waals surface area contributed by atoms with Crippen molar-refractivity contribution in [3.05, 3.63) is 34.9 Å². The first-order valence-corrected chi connectivity index (χ1v) is 7.34. The molecule has 0 spiro atoms. The molecule has 4 heteroatoms. The minimum atomic E-state index is 0.00955. The maximum atomic E-state index is 12.2. The van der Waals surface area contributed by atoms with Gasteiger partial charge in [-0.3, -0.25) is 10.1 Å². The van der Waals surface area contributed by atoms with E-state index >= 15 is 0 Å². The summed E-state index contributed by atoms with van der Waals surface area (Å²) in [6.45, 7) is 2.69. The molecule has 1 saturated carbocycles. The van der Waals surface area contributed by atoms with E-state index < -0.39 is 0 Å². The van der Waals surface area contributed by atoms with Gasteiger partial charge < -0.3 is 4.90 Å². The average Bonchev–Trinajstić information content (AvgIpc) is 2.96. The Labute approximate surface area is 118 Å². The highest BCUT2D eigenvalue weighted by atomic mass is 35.5. The van der Waals surface area contributed by atoms with Crippen LogP contribution in [0, 0.1) is 5.92 Å². The second-order valence-corrected chi connectivity index (χ2v) is 6.05. The lowest BCUT2D eigenvalue weighted by molar-refractivity contribution is -0.131. The monoisotopic (exact) mass is 278 g/mol. The summed E-state index contributed by atoms with van der Waals surface area (Å²) in [5.41, 5.74) is 1.12. The molecule has 1 aliphatic heterocycles. The molecule has 1 heterocycles. The van der Waals surface area contributed by atoms with Crippen LogP contribution in [0.4, 0.5) is 0 Å². The normalized spacial score (nSPS) is 31.2. The maximum absolute atomic E-state index is 12.2. The van der Waals surface area contributed by atoms with Crippen LogP contribution in [0.3, 0.4) is 0 Å². The van der Waals surface area contributed by atoms with E-state index in [9.17, 15) is 4.79 Å². The van der Waals surface area contributed by atoms with Crippen LogP contribution in [0.2, 0.25) is 5.02 Å². The molecule has 3 rings (SSSR count). The third-order valence-corrected chi connectivity index (χ3v) is 4.62. The van der Waals surface area contributed by atoms with Crippen LogP contribution < -0.4 is 5.32 Å². The molecule has 2 fully saturated rings. The first-order valence-electron chi connectivity index (χ1n) is 6.97. The fourth-order valence-electron chi connectivity index (χ4n) is 3.36. The highest BCUT2D eigenvalue weighted by Gasteiger charge is 2.40. The Hall–Kier alpha value is -1.06. The van der Waals surface area contributed by atoms with Crippen LogP contribution in [0.15, 0.2) is 24.3 Å². The van der Waals surface area contributed by atoms with Gasteiger partial charge in [-0.05, 0) is 36.5 Å². The number of nitrogens with zero attached hydrogens (tertiary/aromatic N) is 1. The third-order valence-electron chi connectivity index (χ3n) is 4.37. The van der Waals surface area contributed by atoms with E-state index in [0.29, 0.717) is 18.5 Å². The molecule has 3 nitrogen and oxygen atoms in total. The van der Waals surface area contributed by atoms with E-state index in [0.717, 1.165) is 17.0 Å². The van der Waals surface area contributed by atoms with Crippen LogP contribution in [-0.4, -0.2) is 23.4 Å². The van der Waals surface area contributed by atoms with Gasteiger partial charge in [-0.15, -0.1) is 0 Å². The van der Waals surface area contributed by atoms with Crippen LogP contribution in [-0.2, 0) is 4.79 Å². The number of hydrogen-bond donors (Lipinski definition) is 1. The van der Waals surface area contributed by atoms with Gasteiger partial charge in [-0.2, -0.15) is 0 Å². The lowest BCUT2D eigenvalue weighted by atomic mass is 10.0. The quantitative estimate of drug-likeness (QED) is 0.902. The SMILES string of the molecule is CC1CCCC1N1C(=O)CNC1c1ccc(Cl)cc1. The molecular weight excluding hydrogens is 260 g/mol. The molecule has 0 radical (unpaired) electrons. The fraction of sp³-hybridized carbons (Fsp3) is 0.533. The van der Waals surface area contributed by atoms with Crippen molar-refractivity contribution in [3.63, 3.8) is 0 Å². The number of benzene rings is 1. The lowest BCUT2D eigenvalue weighted by Crippen LogP contribution is -2.41. The van der Waals surface area contributed by atoms with Crippen LogP contribution in [0.25, 0.3) is 0 Å². The summed E-state index contributed by atoms with van der Waals surface area (Å²) in [6, 6.07) is 8.16. The summed E-state index contributed by atoms with van der Waals surface area (Å²) in [6.07, 6.45) is 3.58. The molecule has 19 heavy (non-hydrogen) atoms. The molecule has 1 amide bonds. The van der Waals surface area contributed by atoms with Gasteiger partial charge in [0.05, 0.1) is 6.54 Å². The Morgan fingerprint density at radius 2 is 2.00 bits per heavy atom. The molecule has 102 valence electrons. The summed E-state index contributed by atoms with van der Waals surface area (Å²) in [5.74, 6) is 0.817. The van der Waals surface area contributed by atoms with Gasteiger partial charge in [0.1, 0.15) is 6.17 Å². The van der Waals surface area contributed by atoms with Crippen molar-refractivity contribution in [3.8, 4) is 0 Å². The molecule has 2 aliphatic rings. The lowest BCUT2D eigenvalue weighted by Gasteiger charge is -2.33. The fourth-order valence-corrected chi connectivity index (χ4v) is 3.48. The Balaban J connectivity index is 1.87. The third kappa shape index (κ3) is 2.37. The molecule has 0 aromatic heterocycles. The van der Waals surface area contributed by atoms with E-state index in [2.05, 4.69) is 17.1 Å². The molecule has 0 bridgehead atoms. The van der Waals surface area contributed by atoms with Crippen molar-refractivity contribution in [2.45, 2.75) is 38.4 Å². The largest absolute Gasteiger partial charge is 0.319 e. The van der Waals surface area contributed by atoms with Crippen molar-refractivity contribution < 1.29 is 4.79 Å². The number of halogens is 1. The highest BCUT2D eigenvalue weighted by molar-refractivity contribution is 6.30. The zero-order valence-electron chi connectivity index (χ0n) is 11.1. The van der Waals surface area contributed by atoms with Gasteiger partial charge in [0.15, 0.2) is 0 Å². The summed E-state index contributed by atoms with van der Waals surface area (Å²) in [4.78, 5) is 14.3. The molecular formula is C15H19ClN2O. The maximum Gasteiger partial charge on any atom is 0.238 e. The molecule has 1 aromatic carbocycles. The standard InChI is InChI=1S/C15H19ClN2O/c1-10-3-2-4-13(10)18-14(19)9-17-15(18)11-5-7-12(16)8-6-11/h5-8,10,13,15,17H,2-4,9H2,1H3. The average molecular weight is 279 g/mol. The van der Waals surface area contributed by atoms with Crippen molar-refractivity contribution in [2.75, 3.05) is 6.54 Å². The molecule has 3 unspecified atom stereocenters. The van der Waals surface area contributed by atoms with E-state index in [1.165, 1.54) is 12.8 Å². The van der Waals surface area contributed by atoms with E-state index in [-0.39, 0.29) is 12.1 Å². The number of carbonyl (C=O) groups is 1. The molecule has 1 aliphatic carbocycles. The number of carbonyl (C=O) groups excluding carboxylic acids is 1. The van der Waals surface area contributed by atoms with Crippen molar-refractivity contribution in [1.82, 2.24) is 10.2 Å². The van der Waals surface area contributed by atoms with Crippen molar-refractivity contribution >= 4 is 17.5 Å². The summed E-state index contributed by atoms with van der Waals surface area (Å²) >= 11 is 5.93. The van der Waals surface area contributed by atoms with Gasteiger partial charge in [0, 0.05) is 11.1 Å². The molecule has 1 aromatic rings. The first kappa shape index (κ1) is 12.9. The molecule has 3 atom stereocenters. The number of hydrogen-bond acceptors (Lipinski definition) is 2. The van der Waals surface area contributed by atoms with Gasteiger partial charge >= 0.3 is 0 Å². The topological polar surface area (TPSA) is 32.3 Å². The second kappa shape index (κ2) is 5.14. The molecule has 1 saturated heterocycles. The summed E-state index contributed by atoms with van der Waals surface area (Å²) in [7, 11) is 0. The zero-order valence-corrected chi connectivity index (χ0v) is 11.9. The van der Waals surface area contributed by atoms with Gasteiger partial charge in [0.25, 0.3) is 0 Å². The van der Waals surface area contributed by atoms with Crippen LogP contribution >= 0.6 is 11.6 Å². The van der Waals surface area contributed by atoms with E-state index in [1.54, 1.807) is 0 Å². The number of rotatable bonds is 2. The Morgan fingerprint density at radius 1 is 1.26 bits per heavy atom. The first-order chi connectivity index (χ1) is 9.16. The zero-order chi connectivity index (χ0) is 13.4. The van der Waals surface area contributed by atoms with E-state index in [1.807, 2.05) is 24.3 Å². The Bertz CT molecular complexity index is 474. The second-order valence-electron chi connectivity index (χ2n) is 5.61. The van der Waals surface area contributed by atoms with Crippen molar-refractivity contribution in [2.24, 2.45) is 5.92 Å². The Kier molecular flexibility index (Phi) is 3.50. The minimum Gasteiger partial charge on any atom is -0.319 e. The van der Waals surface area contributed by atoms with Crippen LogP contribution in [0.5, 0.6) is 0 Å². The summed E-state index contributed by atoms with van der Waals surface area (Å²) in [5, 5.41) is 4.05. The smallest absolute Gasteiger partial charge is 0.238 e. The summed E-state index contributed by atoms with van der Waals surface area (Å²) < 4.78 is 0. The van der Waals surface area contributed by atoms with Crippen molar-refractivity contribution in [1.29, 1.82) is 0 Å². The number of nitrogens with one attached hydrogen (secondary N) is 1. The predicted octanol–water partition coefficient (Wildman–Crippen LogP) is 2.96. The van der Waals surface area contributed by atoms with E-state index in [4.69, 9.17) is 11.6 Å². The predicted molar refractivity (Wildman–Crippen MR) is 75.8 cm³/mol. The van der Waals surface area contributed by atoms with Crippen LogP contribution in [0.1, 0.15) is 37.9 Å². The minimum absolute atomic E-state index is 0.00955. The van der Waals surface area contributed by atoms with Gasteiger partial charge in [0.2, 0.25) is 5.91 Å². The highest BCUT2D eigenvalue weighted by Crippen LogP contribution is 2.36. The van der Waals surface area contributed by atoms with Gasteiger partial charge in [-0.25, -0.2) is 0 Å². The van der Waals surface area contributed by atoms with Gasteiger partial charge in [-0.1, -0.05) is 37.1 Å². The molecule has 1 N–H and O–H groups in total. The number of amides is 1.